The second-order valence-electron chi connectivity index (χ2n) is 15.3. The third-order valence-corrected chi connectivity index (χ3v) is 12.1. The molecule has 0 atom stereocenters. The van der Waals surface area contributed by atoms with E-state index in [0.29, 0.717) is 0 Å². The molecule has 12 rings (SSSR count). The molecular formula is C55H38N4. The largest absolute Gasteiger partial charge is 0.314 e. The van der Waals surface area contributed by atoms with Crippen LogP contribution in [0.4, 0.5) is 11.4 Å². The van der Waals surface area contributed by atoms with E-state index in [1.807, 2.05) is 0 Å². The molecule has 0 unspecified atom stereocenters. The van der Waals surface area contributed by atoms with Gasteiger partial charge in [-0.25, -0.2) is 0 Å². The molecule has 3 heterocycles. The Labute approximate surface area is 341 Å². The summed E-state index contributed by atoms with van der Waals surface area (Å²) in [6.07, 6.45) is 9.93. The molecular weight excluding hydrogens is 717 g/mol. The third kappa shape index (κ3) is 5.23. The van der Waals surface area contributed by atoms with Crippen LogP contribution in [0, 0.1) is 0 Å². The van der Waals surface area contributed by atoms with E-state index in [1.54, 1.807) is 0 Å². The number of allylic oxidation sites excluding steroid dienone is 5. The molecule has 1 aliphatic carbocycles. The Morgan fingerprint density at radius 3 is 1.00 bits per heavy atom. The minimum absolute atomic E-state index is 0.764. The SMILES string of the molecule is C1=CC(n2c3ccccc3c3ccccc32)=CC=C(N(c2ccc(-n3c4ccccc4c4ccccc43)cc2)c2ccc(-n3c4ccccc4c4ccccc43)cc2)C1. The summed E-state index contributed by atoms with van der Waals surface area (Å²) >= 11 is 0. The van der Waals surface area contributed by atoms with Crippen molar-refractivity contribution in [1.82, 2.24) is 13.7 Å². The van der Waals surface area contributed by atoms with Crippen LogP contribution in [0.1, 0.15) is 6.42 Å². The Kier molecular flexibility index (Phi) is 7.57. The number of para-hydroxylation sites is 6. The summed E-state index contributed by atoms with van der Waals surface area (Å²) < 4.78 is 7.16. The lowest BCUT2D eigenvalue weighted by Gasteiger charge is -2.28. The fourth-order valence-corrected chi connectivity index (χ4v) is 9.50. The highest BCUT2D eigenvalue weighted by Crippen LogP contribution is 2.39. The summed E-state index contributed by atoms with van der Waals surface area (Å²) in [5.41, 5.74) is 14.0. The van der Waals surface area contributed by atoms with Crippen molar-refractivity contribution in [2.45, 2.75) is 6.42 Å². The van der Waals surface area contributed by atoms with Gasteiger partial charge in [-0.05, 0) is 103 Å². The zero-order chi connectivity index (χ0) is 38.9. The zero-order valence-corrected chi connectivity index (χ0v) is 32.3. The van der Waals surface area contributed by atoms with Crippen LogP contribution in [-0.4, -0.2) is 13.7 Å². The van der Waals surface area contributed by atoms with E-state index in [-0.39, 0.29) is 0 Å². The Morgan fingerprint density at radius 2 is 0.644 bits per heavy atom. The highest BCUT2D eigenvalue weighted by Gasteiger charge is 2.19. The summed E-state index contributed by atoms with van der Waals surface area (Å²) in [6, 6.07) is 70.4. The van der Waals surface area contributed by atoms with Gasteiger partial charge in [0.15, 0.2) is 0 Å². The highest BCUT2D eigenvalue weighted by atomic mass is 15.2. The molecule has 11 aromatic rings. The second kappa shape index (κ2) is 13.4. The number of aromatic nitrogens is 3. The predicted octanol–water partition coefficient (Wildman–Crippen LogP) is 14.5. The van der Waals surface area contributed by atoms with Crippen molar-refractivity contribution in [3.8, 4) is 11.4 Å². The molecule has 0 saturated heterocycles. The lowest BCUT2D eigenvalue weighted by Crippen LogP contribution is -2.16. The first-order valence-corrected chi connectivity index (χ1v) is 20.3. The van der Waals surface area contributed by atoms with Gasteiger partial charge in [0.25, 0.3) is 0 Å². The summed E-state index contributed by atoms with van der Waals surface area (Å²) in [6.45, 7) is 0. The predicted molar refractivity (Wildman–Crippen MR) is 249 cm³/mol. The first kappa shape index (κ1) is 33.3. The first-order valence-electron chi connectivity index (χ1n) is 20.3. The van der Waals surface area contributed by atoms with Gasteiger partial charge >= 0.3 is 0 Å². The van der Waals surface area contributed by atoms with E-state index in [4.69, 9.17) is 0 Å². The van der Waals surface area contributed by atoms with Crippen LogP contribution in [0.25, 0.3) is 82.5 Å². The van der Waals surface area contributed by atoms with Gasteiger partial charge in [0.1, 0.15) is 0 Å². The Morgan fingerprint density at radius 1 is 0.322 bits per heavy atom. The number of hydrogen-bond acceptors (Lipinski definition) is 1. The van der Waals surface area contributed by atoms with E-state index < -0.39 is 0 Å². The summed E-state index contributed by atoms with van der Waals surface area (Å²) in [5, 5.41) is 7.58. The van der Waals surface area contributed by atoms with Crippen molar-refractivity contribution in [3.63, 3.8) is 0 Å². The number of anilines is 2. The molecule has 4 nitrogen and oxygen atoms in total. The van der Waals surface area contributed by atoms with Crippen molar-refractivity contribution in [2.24, 2.45) is 0 Å². The Balaban J connectivity index is 1.00. The van der Waals surface area contributed by atoms with Crippen LogP contribution in [0.5, 0.6) is 0 Å². The van der Waals surface area contributed by atoms with E-state index in [0.717, 1.165) is 34.9 Å². The van der Waals surface area contributed by atoms with Gasteiger partial charge in [0.2, 0.25) is 0 Å². The molecule has 8 aromatic carbocycles. The lowest BCUT2D eigenvalue weighted by molar-refractivity contribution is 1.07. The molecule has 0 N–H and O–H groups in total. The summed E-state index contributed by atoms with van der Waals surface area (Å²) in [4.78, 5) is 2.42. The fourth-order valence-electron chi connectivity index (χ4n) is 9.50. The van der Waals surface area contributed by atoms with Gasteiger partial charge in [-0.3, -0.25) is 0 Å². The molecule has 0 saturated carbocycles. The quantitative estimate of drug-likeness (QED) is 0.165. The van der Waals surface area contributed by atoms with Crippen LogP contribution in [0.3, 0.4) is 0 Å². The first-order chi connectivity index (χ1) is 29.3. The number of nitrogens with zero attached hydrogens (tertiary/aromatic N) is 4. The summed E-state index contributed by atoms with van der Waals surface area (Å²) in [7, 11) is 0. The molecule has 59 heavy (non-hydrogen) atoms. The van der Waals surface area contributed by atoms with Crippen molar-refractivity contribution in [2.75, 3.05) is 4.90 Å². The average molecular weight is 755 g/mol. The van der Waals surface area contributed by atoms with Crippen LogP contribution in [0.15, 0.2) is 224 Å². The van der Waals surface area contributed by atoms with Crippen LogP contribution < -0.4 is 4.90 Å². The summed E-state index contributed by atoms with van der Waals surface area (Å²) in [5.74, 6) is 0. The van der Waals surface area contributed by atoms with Gasteiger partial charge in [-0.1, -0.05) is 115 Å². The molecule has 1 aliphatic rings. The maximum absolute atomic E-state index is 2.42. The Hall–Kier alpha value is -7.82. The number of fused-ring (bicyclic) bond motifs is 9. The standard InChI is InChI=1S/C55H38N4/c1-7-22-50-44(16-1)45-17-2-8-23-51(45)57(50)39-15-13-14-38(28-29-39)56(40-30-34-42(35-31-40)58-52-24-9-3-18-46(52)47-19-4-10-25-53(47)58)41-32-36-43(37-33-41)59-54-26-11-5-20-48(54)49-21-6-12-27-55(49)59/h1-13,15-37H,14H2. The van der Waals surface area contributed by atoms with Gasteiger partial charge in [-0.2, -0.15) is 0 Å². The smallest absolute Gasteiger partial charge is 0.0541 e. The van der Waals surface area contributed by atoms with Gasteiger partial charge in [0.05, 0.1) is 33.1 Å². The van der Waals surface area contributed by atoms with Crippen LogP contribution >= 0.6 is 0 Å². The molecule has 0 fully saturated rings. The monoisotopic (exact) mass is 754 g/mol. The third-order valence-electron chi connectivity index (χ3n) is 12.1. The highest BCUT2D eigenvalue weighted by molar-refractivity contribution is 6.11. The molecule has 0 bridgehead atoms. The van der Waals surface area contributed by atoms with Crippen molar-refractivity contribution in [1.29, 1.82) is 0 Å². The minimum atomic E-state index is 0.764. The topological polar surface area (TPSA) is 18.0 Å². The van der Waals surface area contributed by atoms with E-state index in [9.17, 15) is 0 Å². The Bertz CT molecular complexity index is 3200. The normalized spacial score (nSPS) is 13.2. The fraction of sp³-hybridized carbons (Fsp3) is 0.0182. The van der Waals surface area contributed by atoms with E-state index in [1.165, 1.54) is 71.1 Å². The maximum Gasteiger partial charge on any atom is 0.0541 e. The molecule has 278 valence electrons. The van der Waals surface area contributed by atoms with E-state index >= 15 is 0 Å². The van der Waals surface area contributed by atoms with Crippen LogP contribution in [-0.2, 0) is 0 Å². The van der Waals surface area contributed by atoms with Gasteiger partial charge in [0, 0.05) is 72.9 Å². The van der Waals surface area contributed by atoms with Crippen molar-refractivity contribution >= 4 is 82.5 Å². The van der Waals surface area contributed by atoms with Crippen molar-refractivity contribution < 1.29 is 0 Å². The van der Waals surface area contributed by atoms with Gasteiger partial charge < -0.3 is 18.6 Å². The number of hydrogen-bond donors (Lipinski definition) is 0. The average Bonchev–Trinajstić information content (AvgIpc) is 3.86. The number of benzene rings is 8. The number of rotatable bonds is 6. The molecule has 3 aromatic heterocycles. The molecule has 0 amide bonds. The molecule has 0 aliphatic heterocycles. The lowest BCUT2D eigenvalue weighted by atomic mass is 10.1. The van der Waals surface area contributed by atoms with Crippen LogP contribution in [0.2, 0.25) is 0 Å². The zero-order valence-electron chi connectivity index (χ0n) is 32.3. The second-order valence-corrected chi connectivity index (χ2v) is 15.3. The maximum atomic E-state index is 2.42. The molecule has 0 radical (unpaired) electrons. The molecule has 0 spiro atoms. The van der Waals surface area contributed by atoms with Gasteiger partial charge in [-0.15, -0.1) is 0 Å². The van der Waals surface area contributed by atoms with E-state index in [2.05, 4.69) is 237 Å². The molecule has 4 heteroatoms. The van der Waals surface area contributed by atoms with Crippen molar-refractivity contribution in [3.05, 3.63) is 224 Å². The minimum Gasteiger partial charge on any atom is -0.314 e.